The predicted octanol–water partition coefficient (Wildman–Crippen LogP) is 3.61. The number of nitrogens with zero attached hydrogens (tertiary/aromatic N) is 1. The summed E-state index contributed by atoms with van der Waals surface area (Å²) in [7, 11) is 0. The van der Waals surface area contributed by atoms with Crippen molar-refractivity contribution in [3.63, 3.8) is 0 Å². The summed E-state index contributed by atoms with van der Waals surface area (Å²) in [6, 6.07) is 10.3. The van der Waals surface area contributed by atoms with Crippen LogP contribution in [-0.2, 0) is 17.6 Å². The topological polar surface area (TPSA) is 42.0 Å². The number of carbonyl (C=O) groups is 1. The molecule has 1 aromatic carbocycles. The second-order valence-corrected chi connectivity index (χ2v) is 6.39. The fourth-order valence-corrected chi connectivity index (χ4v) is 3.33. The molecule has 21 heavy (non-hydrogen) atoms. The largest absolute Gasteiger partial charge is 0.310 e. The molecular formula is C17H18N2OS. The van der Waals surface area contributed by atoms with Crippen LogP contribution in [0.1, 0.15) is 23.1 Å². The smallest absolute Gasteiger partial charge is 0.235 e. The molecule has 0 atom stereocenters. The minimum atomic E-state index is -0.0152. The molecule has 0 bridgehead atoms. The van der Waals surface area contributed by atoms with Gasteiger partial charge in [0.05, 0.1) is 5.75 Å². The first-order valence-corrected chi connectivity index (χ1v) is 8.16. The van der Waals surface area contributed by atoms with E-state index < -0.39 is 0 Å². The van der Waals surface area contributed by atoms with Crippen LogP contribution in [-0.4, -0.2) is 16.6 Å². The van der Waals surface area contributed by atoms with E-state index in [2.05, 4.69) is 28.5 Å². The van der Waals surface area contributed by atoms with Crippen LogP contribution in [0, 0.1) is 6.92 Å². The van der Waals surface area contributed by atoms with Crippen molar-refractivity contribution in [2.45, 2.75) is 31.1 Å². The monoisotopic (exact) mass is 298 g/mol. The minimum absolute atomic E-state index is 0.0152. The number of amides is 1. The van der Waals surface area contributed by atoms with Crippen LogP contribution in [0.25, 0.3) is 0 Å². The molecule has 3 rings (SSSR count). The summed E-state index contributed by atoms with van der Waals surface area (Å²) in [4.78, 5) is 17.3. The normalized spacial score (nSPS) is 13.0. The number of hydrogen-bond acceptors (Lipinski definition) is 3. The molecule has 1 aliphatic carbocycles. The second kappa shape index (κ2) is 6.31. The Hall–Kier alpha value is -1.81. The van der Waals surface area contributed by atoms with Crippen LogP contribution in [0.2, 0.25) is 0 Å². The highest BCUT2D eigenvalue weighted by atomic mass is 32.2. The van der Waals surface area contributed by atoms with Crippen molar-refractivity contribution in [3.05, 3.63) is 53.2 Å². The van der Waals surface area contributed by atoms with E-state index in [1.54, 1.807) is 18.0 Å². The third-order valence-electron chi connectivity index (χ3n) is 3.62. The highest BCUT2D eigenvalue weighted by molar-refractivity contribution is 8.00. The van der Waals surface area contributed by atoms with Gasteiger partial charge in [0, 0.05) is 11.1 Å². The van der Waals surface area contributed by atoms with Crippen molar-refractivity contribution in [2.24, 2.45) is 0 Å². The van der Waals surface area contributed by atoms with Crippen molar-refractivity contribution in [3.8, 4) is 0 Å². The maximum absolute atomic E-state index is 12.0. The molecule has 1 aliphatic rings. The zero-order chi connectivity index (χ0) is 14.7. The van der Waals surface area contributed by atoms with Crippen molar-refractivity contribution in [1.82, 2.24) is 4.98 Å². The number of pyridine rings is 1. The summed E-state index contributed by atoms with van der Waals surface area (Å²) in [6.07, 6.45) is 5.32. The fourth-order valence-electron chi connectivity index (χ4n) is 2.57. The van der Waals surface area contributed by atoms with Crippen molar-refractivity contribution < 1.29 is 4.79 Å². The molecule has 0 fully saturated rings. The molecule has 0 saturated heterocycles. The van der Waals surface area contributed by atoms with E-state index in [0.717, 1.165) is 5.56 Å². The number of rotatable bonds is 4. The van der Waals surface area contributed by atoms with E-state index in [1.165, 1.54) is 35.3 Å². The summed E-state index contributed by atoms with van der Waals surface area (Å²) in [5.74, 6) is 1.02. The van der Waals surface area contributed by atoms with E-state index in [1.807, 2.05) is 19.1 Å². The Bertz CT molecular complexity index is 670. The van der Waals surface area contributed by atoms with Crippen LogP contribution < -0.4 is 5.32 Å². The number of hydrogen-bond donors (Lipinski definition) is 1. The molecule has 2 aromatic rings. The number of aryl methyl sites for hydroxylation is 3. The molecule has 1 amide bonds. The summed E-state index contributed by atoms with van der Waals surface area (Å²) >= 11 is 1.58. The number of carbonyl (C=O) groups excluding carboxylic acids is 1. The quantitative estimate of drug-likeness (QED) is 0.877. The Balaban J connectivity index is 1.56. The number of benzene rings is 1. The minimum Gasteiger partial charge on any atom is -0.310 e. The van der Waals surface area contributed by atoms with Gasteiger partial charge in [0.15, 0.2) is 0 Å². The molecule has 0 spiro atoms. The zero-order valence-corrected chi connectivity index (χ0v) is 12.9. The molecule has 4 heteroatoms. The van der Waals surface area contributed by atoms with Gasteiger partial charge < -0.3 is 5.32 Å². The standard InChI is InChI=1S/C17H18N2OS/c1-12-7-8-18-16(9-12)19-17(20)11-21-15-6-5-13-3-2-4-14(13)10-15/h5-10H,2-4,11H2,1H3,(H,18,19,20). The molecule has 0 saturated carbocycles. The van der Waals surface area contributed by atoms with E-state index in [4.69, 9.17) is 0 Å². The van der Waals surface area contributed by atoms with E-state index in [9.17, 15) is 4.79 Å². The fraction of sp³-hybridized carbons (Fsp3) is 0.294. The SMILES string of the molecule is Cc1ccnc(NC(=O)CSc2ccc3c(c2)CCC3)c1. The number of anilines is 1. The van der Waals surface area contributed by atoms with E-state index >= 15 is 0 Å². The lowest BCUT2D eigenvalue weighted by Crippen LogP contribution is -2.15. The highest BCUT2D eigenvalue weighted by Crippen LogP contribution is 2.27. The molecule has 1 heterocycles. The van der Waals surface area contributed by atoms with Gasteiger partial charge in [0.25, 0.3) is 0 Å². The summed E-state index contributed by atoms with van der Waals surface area (Å²) in [5, 5.41) is 2.83. The van der Waals surface area contributed by atoms with Gasteiger partial charge >= 0.3 is 0 Å². The number of nitrogens with one attached hydrogen (secondary N) is 1. The lowest BCUT2D eigenvalue weighted by molar-refractivity contribution is -0.113. The van der Waals surface area contributed by atoms with Crippen LogP contribution in [0.5, 0.6) is 0 Å². The first-order chi connectivity index (χ1) is 10.2. The van der Waals surface area contributed by atoms with Gasteiger partial charge in [0.2, 0.25) is 5.91 Å². The molecule has 108 valence electrons. The van der Waals surface area contributed by atoms with Gasteiger partial charge in [-0.05, 0) is 67.1 Å². The van der Waals surface area contributed by atoms with Gasteiger partial charge in [-0.15, -0.1) is 11.8 Å². The average Bonchev–Trinajstić information content (AvgIpc) is 2.92. The van der Waals surface area contributed by atoms with Gasteiger partial charge in [-0.1, -0.05) is 6.07 Å². The molecular weight excluding hydrogens is 280 g/mol. The average molecular weight is 298 g/mol. The van der Waals surface area contributed by atoms with E-state index in [-0.39, 0.29) is 5.91 Å². The maximum atomic E-state index is 12.0. The van der Waals surface area contributed by atoms with Crippen LogP contribution in [0.4, 0.5) is 5.82 Å². The molecule has 0 radical (unpaired) electrons. The summed E-state index contributed by atoms with van der Waals surface area (Å²) in [5.41, 5.74) is 4.00. The number of aromatic nitrogens is 1. The molecule has 0 aliphatic heterocycles. The Kier molecular flexibility index (Phi) is 4.25. The molecule has 3 nitrogen and oxygen atoms in total. The third-order valence-corrected chi connectivity index (χ3v) is 4.62. The second-order valence-electron chi connectivity index (χ2n) is 5.34. The van der Waals surface area contributed by atoms with Gasteiger partial charge in [-0.2, -0.15) is 0 Å². The molecule has 1 aromatic heterocycles. The third kappa shape index (κ3) is 3.64. The Labute approximate surface area is 129 Å². The molecule has 0 unspecified atom stereocenters. The first kappa shape index (κ1) is 14.1. The number of fused-ring (bicyclic) bond motifs is 1. The van der Waals surface area contributed by atoms with Crippen LogP contribution in [0.15, 0.2) is 41.4 Å². The Morgan fingerprint density at radius 1 is 1.24 bits per heavy atom. The van der Waals surface area contributed by atoms with Crippen molar-refractivity contribution >= 4 is 23.5 Å². The van der Waals surface area contributed by atoms with Gasteiger partial charge in [-0.3, -0.25) is 4.79 Å². The molecule has 1 N–H and O–H groups in total. The highest BCUT2D eigenvalue weighted by Gasteiger charge is 2.11. The predicted molar refractivity (Wildman–Crippen MR) is 86.8 cm³/mol. The Morgan fingerprint density at radius 2 is 2.10 bits per heavy atom. The van der Waals surface area contributed by atoms with Crippen LogP contribution in [0.3, 0.4) is 0 Å². The maximum Gasteiger partial charge on any atom is 0.235 e. The van der Waals surface area contributed by atoms with E-state index in [0.29, 0.717) is 11.6 Å². The first-order valence-electron chi connectivity index (χ1n) is 7.18. The Morgan fingerprint density at radius 3 is 2.95 bits per heavy atom. The summed E-state index contributed by atoms with van der Waals surface area (Å²) < 4.78 is 0. The van der Waals surface area contributed by atoms with Gasteiger partial charge in [0.1, 0.15) is 5.82 Å². The zero-order valence-electron chi connectivity index (χ0n) is 12.1. The summed E-state index contributed by atoms with van der Waals surface area (Å²) in [6.45, 7) is 1.98. The lowest BCUT2D eigenvalue weighted by Gasteiger charge is -2.06. The van der Waals surface area contributed by atoms with Crippen molar-refractivity contribution in [2.75, 3.05) is 11.1 Å². The lowest BCUT2D eigenvalue weighted by atomic mass is 10.1. The van der Waals surface area contributed by atoms with Gasteiger partial charge in [-0.25, -0.2) is 4.98 Å². The van der Waals surface area contributed by atoms with Crippen LogP contribution >= 0.6 is 11.8 Å². The van der Waals surface area contributed by atoms with Crippen molar-refractivity contribution in [1.29, 1.82) is 0 Å². The number of thioether (sulfide) groups is 1.